The van der Waals surface area contributed by atoms with Gasteiger partial charge in [0.05, 0.1) is 11.2 Å². The number of rotatable bonds is 1. The number of aromatic nitrogens is 1. The Morgan fingerprint density at radius 2 is 1.56 bits per heavy atom. The minimum absolute atomic E-state index is 0.283. The Balaban J connectivity index is 0.000000771. The van der Waals surface area contributed by atoms with Crippen LogP contribution in [0.4, 0.5) is 0 Å². The molecule has 1 aliphatic heterocycles. The maximum Gasteiger partial charge on any atom is 0.494 e. The average Bonchev–Trinajstić information content (AvgIpc) is 2.51. The van der Waals surface area contributed by atoms with Gasteiger partial charge in [-0.05, 0) is 52.2 Å². The van der Waals surface area contributed by atoms with Crippen molar-refractivity contribution in [3.8, 4) is 0 Å². The molecule has 2 heterocycles. The minimum atomic E-state index is -0.285. The van der Waals surface area contributed by atoms with Crippen LogP contribution in [0.1, 0.15) is 47.2 Å². The van der Waals surface area contributed by atoms with E-state index in [1.807, 2.05) is 32.9 Å². The smallest absolute Gasteiger partial charge is 0.399 e. The predicted octanol–water partition coefficient (Wildman–Crippen LogP) is 2.72. The molecule has 0 unspecified atom stereocenters. The number of nitrogens with zero attached hydrogens (tertiary/aromatic N) is 1. The average molecular weight is 249 g/mol. The number of aryl methyl sites for hydroxylation is 1. The van der Waals surface area contributed by atoms with Crippen molar-refractivity contribution in [2.24, 2.45) is 0 Å². The van der Waals surface area contributed by atoms with E-state index in [1.54, 1.807) is 6.20 Å². The summed E-state index contributed by atoms with van der Waals surface area (Å²) in [7, 11) is -0.285. The second-order valence-corrected chi connectivity index (χ2v) is 5.32. The lowest BCUT2D eigenvalue weighted by atomic mass is 9.79. The van der Waals surface area contributed by atoms with Gasteiger partial charge in [-0.15, -0.1) is 0 Å². The van der Waals surface area contributed by atoms with Crippen LogP contribution in [0.3, 0.4) is 0 Å². The zero-order chi connectivity index (χ0) is 14.0. The largest absolute Gasteiger partial charge is 0.494 e. The molecule has 0 spiro atoms. The van der Waals surface area contributed by atoms with Gasteiger partial charge in [-0.25, -0.2) is 0 Å². The normalized spacial score (nSPS) is 20.3. The van der Waals surface area contributed by atoms with Gasteiger partial charge in [0.2, 0.25) is 0 Å². The summed E-state index contributed by atoms with van der Waals surface area (Å²) >= 11 is 0. The topological polar surface area (TPSA) is 31.4 Å². The van der Waals surface area contributed by atoms with Crippen LogP contribution in [0, 0.1) is 6.92 Å². The molecule has 1 aliphatic rings. The van der Waals surface area contributed by atoms with Gasteiger partial charge in [0, 0.05) is 11.9 Å². The second-order valence-electron chi connectivity index (χ2n) is 5.32. The van der Waals surface area contributed by atoms with Crippen molar-refractivity contribution < 1.29 is 9.31 Å². The van der Waals surface area contributed by atoms with E-state index in [4.69, 9.17) is 9.31 Å². The molecule has 4 heteroatoms. The highest BCUT2D eigenvalue weighted by Gasteiger charge is 2.51. The first-order valence-corrected chi connectivity index (χ1v) is 6.60. The maximum atomic E-state index is 5.96. The molecule has 0 atom stereocenters. The van der Waals surface area contributed by atoms with Crippen LogP contribution in [-0.2, 0) is 9.31 Å². The van der Waals surface area contributed by atoms with E-state index < -0.39 is 0 Å². The molecule has 1 aromatic rings. The van der Waals surface area contributed by atoms with Crippen molar-refractivity contribution in [1.29, 1.82) is 0 Å². The molecule has 0 bridgehead atoms. The van der Waals surface area contributed by atoms with E-state index in [-0.39, 0.29) is 18.3 Å². The van der Waals surface area contributed by atoms with Gasteiger partial charge in [0.15, 0.2) is 0 Å². The summed E-state index contributed by atoms with van der Waals surface area (Å²) in [6, 6.07) is 3.94. The van der Waals surface area contributed by atoms with E-state index in [0.29, 0.717) is 0 Å². The van der Waals surface area contributed by atoms with Crippen molar-refractivity contribution >= 4 is 12.6 Å². The third-order valence-electron chi connectivity index (χ3n) is 3.45. The summed E-state index contributed by atoms with van der Waals surface area (Å²) in [5, 5.41) is 0. The van der Waals surface area contributed by atoms with Gasteiger partial charge in [-0.1, -0.05) is 13.8 Å². The van der Waals surface area contributed by atoms with Crippen molar-refractivity contribution in [3.05, 3.63) is 24.0 Å². The van der Waals surface area contributed by atoms with Crippen LogP contribution in [-0.4, -0.2) is 23.3 Å². The number of hydrogen-bond donors (Lipinski definition) is 0. The Bertz CT molecular complexity index is 389. The van der Waals surface area contributed by atoms with E-state index in [9.17, 15) is 0 Å². The van der Waals surface area contributed by atoms with Gasteiger partial charge in [-0.3, -0.25) is 4.98 Å². The summed E-state index contributed by atoms with van der Waals surface area (Å²) in [5.41, 5.74) is 1.45. The molecule has 0 aromatic carbocycles. The van der Waals surface area contributed by atoms with Gasteiger partial charge >= 0.3 is 7.12 Å². The highest BCUT2D eigenvalue weighted by molar-refractivity contribution is 6.62. The zero-order valence-corrected chi connectivity index (χ0v) is 12.6. The zero-order valence-electron chi connectivity index (χ0n) is 12.6. The Morgan fingerprint density at radius 1 is 1.06 bits per heavy atom. The van der Waals surface area contributed by atoms with Crippen molar-refractivity contribution in [3.63, 3.8) is 0 Å². The van der Waals surface area contributed by atoms with Crippen molar-refractivity contribution in [1.82, 2.24) is 4.98 Å². The lowest BCUT2D eigenvalue weighted by Gasteiger charge is -2.32. The molecule has 1 saturated heterocycles. The first-order valence-electron chi connectivity index (χ1n) is 6.60. The van der Waals surface area contributed by atoms with Crippen LogP contribution < -0.4 is 5.46 Å². The van der Waals surface area contributed by atoms with Gasteiger partial charge < -0.3 is 9.31 Å². The van der Waals surface area contributed by atoms with Crippen LogP contribution in [0.15, 0.2) is 18.3 Å². The summed E-state index contributed by atoms with van der Waals surface area (Å²) < 4.78 is 11.9. The molecular weight excluding hydrogens is 225 g/mol. The third kappa shape index (κ3) is 2.93. The van der Waals surface area contributed by atoms with E-state index in [1.165, 1.54) is 0 Å². The fourth-order valence-corrected chi connectivity index (χ4v) is 1.69. The summed E-state index contributed by atoms with van der Waals surface area (Å²) in [6.45, 7) is 14.2. The van der Waals surface area contributed by atoms with E-state index in [2.05, 4.69) is 32.7 Å². The number of hydrogen-bond acceptors (Lipinski definition) is 3. The van der Waals surface area contributed by atoms with Crippen LogP contribution >= 0.6 is 0 Å². The molecule has 18 heavy (non-hydrogen) atoms. The van der Waals surface area contributed by atoms with Crippen LogP contribution in [0.5, 0.6) is 0 Å². The van der Waals surface area contributed by atoms with Gasteiger partial charge in [0.25, 0.3) is 0 Å². The quantitative estimate of drug-likeness (QED) is 0.717. The fraction of sp³-hybridized carbons (Fsp3) is 0.643. The van der Waals surface area contributed by atoms with Crippen LogP contribution in [0.2, 0.25) is 0 Å². The molecule has 0 aliphatic carbocycles. The second kappa shape index (κ2) is 5.41. The lowest BCUT2D eigenvalue weighted by molar-refractivity contribution is 0.00578. The summed E-state index contributed by atoms with van der Waals surface area (Å²) in [6.07, 6.45) is 1.79. The molecule has 0 saturated carbocycles. The van der Waals surface area contributed by atoms with Gasteiger partial charge in [-0.2, -0.15) is 0 Å². The molecule has 100 valence electrons. The third-order valence-corrected chi connectivity index (χ3v) is 3.45. The molecule has 3 nitrogen and oxygen atoms in total. The Kier molecular flexibility index (Phi) is 4.57. The molecule has 0 N–H and O–H groups in total. The maximum absolute atomic E-state index is 5.96. The molecule has 0 amide bonds. The minimum Gasteiger partial charge on any atom is -0.399 e. The highest BCUT2D eigenvalue weighted by Crippen LogP contribution is 2.36. The highest BCUT2D eigenvalue weighted by atomic mass is 16.7. The lowest BCUT2D eigenvalue weighted by Crippen LogP contribution is -2.41. The Labute approximate surface area is 111 Å². The molecule has 1 aromatic heterocycles. The monoisotopic (exact) mass is 249 g/mol. The summed E-state index contributed by atoms with van der Waals surface area (Å²) in [4.78, 5) is 4.17. The predicted molar refractivity (Wildman–Crippen MR) is 76.0 cm³/mol. The fourth-order valence-electron chi connectivity index (χ4n) is 1.69. The van der Waals surface area contributed by atoms with E-state index in [0.717, 1.165) is 11.2 Å². The molecular formula is C14H24BNO2. The first-order chi connectivity index (χ1) is 8.32. The Morgan fingerprint density at radius 3 is 2.00 bits per heavy atom. The number of pyridine rings is 1. The summed E-state index contributed by atoms with van der Waals surface area (Å²) in [5.74, 6) is 0. The van der Waals surface area contributed by atoms with Gasteiger partial charge in [0.1, 0.15) is 0 Å². The standard InChI is InChI=1S/C12H18BNO2.C2H6/c1-9-8-10(6-7-14-9)13-15-11(2,3)12(4,5)16-13;1-2/h6-8H,1-5H3;1-2H3. The molecule has 2 rings (SSSR count). The first kappa shape index (κ1) is 15.2. The van der Waals surface area contributed by atoms with Crippen LogP contribution in [0.25, 0.3) is 0 Å². The SMILES string of the molecule is CC.Cc1cc(B2OC(C)(C)C(C)(C)O2)ccn1. The molecule has 0 radical (unpaired) electrons. The molecule has 1 fully saturated rings. The Hall–Kier alpha value is -0.865. The van der Waals surface area contributed by atoms with Crippen molar-refractivity contribution in [2.45, 2.75) is 59.7 Å². The van der Waals surface area contributed by atoms with Crippen molar-refractivity contribution in [2.75, 3.05) is 0 Å². The van der Waals surface area contributed by atoms with E-state index >= 15 is 0 Å².